The Hall–Kier alpha value is -5.19. The molecule has 6 aromatic carbocycles. The molecule has 0 aliphatic carbocycles. The highest BCUT2D eigenvalue weighted by Crippen LogP contribution is 2.46. The first kappa shape index (κ1) is 22.6. The Balaban J connectivity index is 1.36. The minimum absolute atomic E-state index is 0.886. The third kappa shape index (κ3) is 3.35. The van der Waals surface area contributed by atoms with Crippen LogP contribution in [-0.4, -0.2) is 4.98 Å². The molecule has 192 valence electrons. The molecule has 0 saturated carbocycles. The van der Waals surface area contributed by atoms with Gasteiger partial charge < -0.3 is 8.83 Å². The van der Waals surface area contributed by atoms with Crippen molar-refractivity contribution in [2.45, 2.75) is 0 Å². The largest absolute Gasteiger partial charge is 0.455 e. The third-order valence-corrected chi connectivity index (χ3v) is 9.09. The molecule has 0 spiro atoms. The van der Waals surface area contributed by atoms with E-state index in [1.807, 2.05) is 30.3 Å². The molecule has 41 heavy (non-hydrogen) atoms. The average Bonchev–Trinajstić information content (AvgIpc) is 3.75. The molecule has 4 heteroatoms. The van der Waals surface area contributed by atoms with Gasteiger partial charge in [0.1, 0.15) is 27.3 Å². The molecule has 0 amide bonds. The van der Waals surface area contributed by atoms with Crippen molar-refractivity contribution < 1.29 is 8.83 Å². The van der Waals surface area contributed by atoms with Gasteiger partial charge in [0.25, 0.3) is 0 Å². The Kier molecular flexibility index (Phi) is 4.77. The van der Waals surface area contributed by atoms with Gasteiger partial charge in [-0.25, -0.2) is 4.98 Å². The molecule has 0 fully saturated rings. The SMILES string of the molecule is c1ccc(-c2nc3c(-c4cccc5c4oc4ccccc45)ccc(-c4cccc5c4oc4ccccc45)c3s2)cc1. The summed E-state index contributed by atoms with van der Waals surface area (Å²) in [5, 5.41) is 5.47. The van der Waals surface area contributed by atoms with Crippen molar-refractivity contribution in [1.29, 1.82) is 0 Å². The summed E-state index contributed by atoms with van der Waals surface area (Å²) in [5.74, 6) is 0. The number of fused-ring (bicyclic) bond motifs is 7. The normalized spacial score (nSPS) is 11.9. The van der Waals surface area contributed by atoms with E-state index in [2.05, 4.69) is 97.1 Å². The van der Waals surface area contributed by atoms with Gasteiger partial charge in [0.15, 0.2) is 0 Å². The summed E-state index contributed by atoms with van der Waals surface area (Å²) in [6, 6.07) is 44.1. The number of rotatable bonds is 3. The number of nitrogens with zero attached hydrogens (tertiary/aromatic N) is 1. The van der Waals surface area contributed by atoms with Crippen molar-refractivity contribution in [2.75, 3.05) is 0 Å². The summed E-state index contributed by atoms with van der Waals surface area (Å²) in [6.07, 6.45) is 0. The number of para-hydroxylation sites is 4. The quantitative estimate of drug-likeness (QED) is 0.222. The van der Waals surface area contributed by atoms with E-state index in [-0.39, 0.29) is 0 Å². The standard InChI is InChI=1S/C37H21NO2S/c1-2-10-22(11-3-1)37-38-33-25(28-16-8-14-26-23-12-4-6-18-31(23)39-34(26)28)20-21-30(36(33)41-37)29-17-9-15-27-24-13-5-7-19-32(24)40-35(27)29/h1-21H. The summed E-state index contributed by atoms with van der Waals surface area (Å²) in [4.78, 5) is 5.28. The summed E-state index contributed by atoms with van der Waals surface area (Å²) >= 11 is 1.72. The minimum Gasteiger partial charge on any atom is -0.455 e. The van der Waals surface area contributed by atoms with Gasteiger partial charge in [0.05, 0.1) is 10.2 Å². The van der Waals surface area contributed by atoms with Crippen molar-refractivity contribution in [1.82, 2.24) is 4.98 Å². The summed E-state index contributed by atoms with van der Waals surface area (Å²) in [7, 11) is 0. The molecule has 0 unspecified atom stereocenters. The topological polar surface area (TPSA) is 39.2 Å². The van der Waals surface area contributed by atoms with Crippen LogP contribution in [0.15, 0.2) is 136 Å². The molecule has 0 atom stereocenters. The van der Waals surface area contributed by atoms with Crippen LogP contribution in [0.4, 0.5) is 0 Å². The number of hydrogen-bond donors (Lipinski definition) is 0. The average molecular weight is 544 g/mol. The van der Waals surface area contributed by atoms with E-state index in [0.29, 0.717) is 0 Å². The zero-order valence-electron chi connectivity index (χ0n) is 21.8. The Morgan fingerprint density at radius 3 is 1.63 bits per heavy atom. The van der Waals surface area contributed by atoms with E-state index in [9.17, 15) is 0 Å². The monoisotopic (exact) mass is 543 g/mol. The van der Waals surface area contributed by atoms with Gasteiger partial charge in [0.2, 0.25) is 0 Å². The van der Waals surface area contributed by atoms with Gasteiger partial charge in [-0.15, -0.1) is 11.3 Å². The number of hydrogen-bond acceptors (Lipinski definition) is 4. The molecule has 3 nitrogen and oxygen atoms in total. The zero-order valence-corrected chi connectivity index (χ0v) is 22.6. The molecular weight excluding hydrogens is 522 g/mol. The van der Waals surface area contributed by atoms with Crippen LogP contribution in [0, 0.1) is 0 Å². The van der Waals surface area contributed by atoms with Crippen molar-refractivity contribution in [3.63, 3.8) is 0 Å². The van der Waals surface area contributed by atoms with Crippen LogP contribution < -0.4 is 0 Å². The second kappa shape index (κ2) is 8.65. The van der Waals surface area contributed by atoms with Gasteiger partial charge in [-0.05, 0) is 12.1 Å². The van der Waals surface area contributed by atoms with Crippen LogP contribution >= 0.6 is 11.3 Å². The molecule has 3 heterocycles. The van der Waals surface area contributed by atoms with E-state index in [0.717, 1.165) is 86.9 Å². The van der Waals surface area contributed by atoms with E-state index in [1.54, 1.807) is 11.3 Å². The highest BCUT2D eigenvalue weighted by Gasteiger charge is 2.21. The predicted molar refractivity (Wildman–Crippen MR) is 170 cm³/mol. The maximum Gasteiger partial charge on any atom is 0.143 e. The fourth-order valence-corrected chi connectivity index (χ4v) is 7.18. The summed E-state index contributed by atoms with van der Waals surface area (Å²) in [5.41, 5.74) is 9.93. The van der Waals surface area contributed by atoms with Crippen LogP contribution in [0.25, 0.3) is 86.9 Å². The second-order valence-corrected chi connectivity index (χ2v) is 11.3. The molecule has 0 aliphatic rings. The Morgan fingerprint density at radius 1 is 0.439 bits per heavy atom. The van der Waals surface area contributed by atoms with Crippen LogP contribution in [0.2, 0.25) is 0 Å². The van der Waals surface area contributed by atoms with Gasteiger partial charge in [-0.3, -0.25) is 0 Å². The summed E-state index contributed by atoms with van der Waals surface area (Å²) < 4.78 is 14.0. The molecule has 0 bridgehead atoms. The Morgan fingerprint density at radius 2 is 0.976 bits per heavy atom. The van der Waals surface area contributed by atoms with Crippen LogP contribution in [-0.2, 0) is 0 Å². The molecule has 0 radical (unpaired) electrons. The Bertz CT molecular complexity index is 2280. The lowest BCUT2D eigenvalue weighted by molar-refractivity contribution is 0.669. The zero-order chi connectivity index (χ0) is 26.9. The van der Waals surface area contributed by atoms with Crippen molar-refractivity contribution in [2.24, 2.45) is 0 Å². The smallest absolute Gasteiger partial charge is 0.143 e. The maximum atomic E-state index is 6.45. The molecule has 3 aromatic heterocycles. The first-order chi connectivity index (χ1) is 20.3. The lowest BCUT2D eigenvalue weighted by atomic mass is 9.96. The number of aromatic nitrogens is 1. The summed E-state index contributed by atoms with van der Waals surface area (Å²) in [6.45, 7) is 0. The van der Waals surface area contributed by atoms with E-state index >= 15 is 0 Å². The van der Waals surface area contributed by atoms with Crippen LogP contribution in [0.1, 0.15) is 0 Å². The maximum absolute atomic E-state index is 6.45. The Labute approximate surface area is 238 Å². The van der Waals surface area contributed by atoms with Crippen LogP contribution in [0.5, 0.6) is 0 Å². The lowest BCUT2D eigenvalue weighted by Crippen LogP contribution is -1.86. The lowest BCUT2D eigenvalue weighted by Gasteiger charge is -2.09. The van der Waals surface area contributed by atoms with E-state index < -0.39 is 0 Å². The van der Waals surface area contributed by atoms with Gasteiger partial charge in [-0.2, -0.15) is 0 Å². The molecule has 0 aliphatic heterocycles. The predicted octanol–water partition coefficient (Wildman–Crippen LogP) is 11.1. The van der Waals surface area contributed by atoms with Crippen molar-refractivity contribution >= 4 is 65.4 Å². The highest BCUT2D eigenvalue weighted by molar-refractivity contribution is 7.22. The highest BCUT2D eigenvalue weighted by atomic mass is 32.1. The van der Waals surface area contributed by atoms with Gasteiger partial charge >= 0.3 is 0 Å². The van der Waals surface area contributed by atoms with Crippen molar-refractivity contribution in [3.8, 4) is 32.8 Å². The minimum atomic E-state index is 0.886. The molecule has 9 aromatic rings. The molecule has 0 saturated heterocycles. The fraction of sp³-hybridized carbons (Fsp3) is 0. The van der Waals surface area contributed by atoms with Gasteiger partial charge in [0, 0.05) is 49.4 Å². The first-order valence-electron chi connectivity index (χ1n) is 13.6. The van der Waals surface area contributed by atoms with E-state index in [4.69, 9.17) is 13.8 Å². The van der Waals surface area contributed by atoms with E-state index in [1.165, 1.54) is 0 Å². The van der Waals surface area contributed by atoms with Crippen molar-refractivity contribution in [3.05, 3.63) is 127 Å². The number of furan rings is 2. The molecule has 0 N–H and O–H groups in total. The van der Waals surface area contributed by atoms with Gasteiger partial charge in [-0.1, -0.05) is 115 Å². The second-order valence-electron chi connectivity index (χ2n) is 10.3. The first-order valence-corrected chi connectivity index (χ1v) is 14.5. The van der Waals surface area contributed by atoms with Crippen LogP contribution in [0.3, 0.4) is 0 Å². The number of benzene rings is 6. The molecular formula is C37H21NO2S. The fourth-order valence-electron chi connectivity index (χ4n) is 6.06. The number of thiazole rings is 1. The molecule has 9 rings (SSSR count). The third-order valence-electron chi connectivity index (χ3n) is 7.95.